The Morgan fingerprint density at radius 2 is 1.85 bits per heavy atom. The zero-order chi connectivity index (χ0) is 9.31. The minimum Gasteiger partial charge on any atom is -0.313 e. The van der Waals surface area contributed by atoms with Crippen molar-refractivity contribution in [2.24, 2.45) is 5.84 Å². The summed E-state index contributed by atoms with van der Waals surface area (Å²) in [5.74, 6) is 5.06. The molecule has 1 amide bonds. The van der Waals surface area contributed by atoms with Crippen molar-refractivity contribution in [1.29, 1.82) is 0 Å². The fourth-order valence-electron chi connectivity index (χ4n) is 2.32. The smallest absolute Gasteiger partial charge is 0.289 e. The quantitative estimate of drug-likeness (QED) is 0.229. The van der Waals surface area contributed by atoms with Crippen molar-refractivity contribution in [2.45, 2.75) is 0 Å². The third-order valence-electron chi connectivity index (χ3n) is 3.31. The first kappa shape index (κ1) is 8.93. The van der Waals surface area contributed by atoms with Crippen molar-refractivity contribution in [2.75, 3.05) is 45.8 Å². The van der Waals surface area contributed by atoms with Gasteiger partial charge in [0.2, 0.25) is 0 Å². The Balaban J connectivity index is 1.98. The average Bonchev–Trinajstić information content (AvgIpc) is 2.20. The first-order chi connectivity index (χ1) is 6.24. The number of piperazine rings is 3. The van der Waals surface area contributed by atoms with E-state index in [9.17, 15) is 4.79 Å². The van der Waals surface area contributed by atoms with Crippen LogP contribution < -0.4 is 11.3 Å². The minimum atomic E-state index is -0.0321. The first-order valence-electron chi connectivity index (χ1n) is 4.81. The third-order valence-corrected chi connectivity index (χ3v) is 3.31. The lowest BCUT2D eigenvalue weighted by atomic mass is 10.1. The summed E-state index contributed by atoms with van der Waals surface area (Å²) < 4.78 is 0.944. The molecule has 0 saturated carbocycles. The summed E-state index contributed by atoms with van der Waals surface area (Å²) in [7, 11) is 0. The van der Waals surface area contributed by atoms with Crippen LogP contribution in [0.4, 0.5) is 0 Å². The SMILES string of the molecule is NNC(=O)C[N+]12CCN(CC1)CC2. The van der Waals surface area contributed by atoms with Gasteiger partial charge in [0.25, 0.3) is 5.91 Å². The highest BCUT2D eigenvalue weighted by molar-refractivity contribution is 5.76. The van der Waals surface area contributed by atoms with Crippen LogP contribution in [-0.4, -0.2) is 61.1 Å². The second kappa shape index (κ2) is 3.25. The normalized spacial score (nSPS) is 37.5. The number of quaternary nitrogens is 1. The molecule has 0 spiro atoms. The molecule has 0 atom stereocenters. The fraction of sp³-hybridized carbons (Fsp3) is 0.875. The Labute approximate surface area is 78.0 Å². The Kier molecular flexibility index (Phi) is 2.23. The number of carbonyl (C=O) groups excluding carboxylic acids is 1. The van der Waals surface area contributed by atoms with E-state index < -0.39 is 0 Å². The van der Waals surface area contributed by atoms with Crippen LogP contribution in [0.2, 0.25) is 0 Å². The van der Waals surface area contributed by atoms with Gasteiger partial charge in [-0.05, 0) is 0 Å². The predicted octanol–water partition coefficient (Wildman–Crippen LogP) is -1.88. The van der Waals surface area contributed by atoms with E-state index in [4.69, 9.17) is 5.84 Å². The molecule has 0 unspecified atom stereocenters. The summed E-state index contributed by atoms with van der Waals surface area (Å²) in [5, 5.41) is 0. The number of amides is 1. The van der Waals surface area contributed by atoms with Crippen molar-refractivity contribution < 1.29 is 9.28 Å². The molecule has 13 heavy (non-hydrogen) atoms. The van der Waals surface area contributed by atoms with Gasteiger partial charge in [-0.15, -0.1) is 0 Å². The van der Waals surface area contributed by atoms with Gasteiger partial charge in [-0.3, -0.25) is 15.1 Å². The van der Waals surface area contributed by atoms with Crippen molar-refractivity contribution in [1.82, 2.24) is 10.3 Å². The molecule has 3 aliphatic rings. The lowest BCUT2D eigenvalue weighted by molar-refractivity contribution is -0.933. The van der Waals surface area contributed by atoms with Crippen molar-refractivity contribution >= 4 is 5.91 Å². The van der Waals surface area contributed by atoms with E-state index in [-0.39, 0.29) is 5.91 Å². The number of hydrogen-bond donors (Lipinski definition) is 2. The molecule has 3 aliphatic heterocycles. The Morgan fingerprint density at radius 3 is 2.31 bits per heavy atom. The lowest BCUT2D eigenvalue weighted by Crippen LogP contribution is -2.69. The topological polar surface area (TPSA) is 58.4 Å². The second-order valence-corrected chi connectivity index (χ2v) is 4.08. The van der Waals surface area contributed by atoms with E-state index in [2.05, 4.69) is 10.3 Å². The number of nitrogens with zero attached hydrogens (tertiary/aromatic N) is 2. The number of fused-ring (bicyclic) bond motifs is 3. The maximum absolute atomic E-state index is 11.2. The van der Waals surface area contributed by atoms with Gasteiger partial charge in [0.15, 0.2) is 6.54 Å². The maximum atomic E-state index is 11.2. The van der Waals surface area contributed by atoms with Gasteiger partial charge in [0.05, 0.1) is 19.6 Å². The minimum absolute atomic E-state index is 0.0321. The second-order valence-electron chi connectivity index (χ2n) is 4.08. The summed E-state index contributed by atoms with van der Waals surface area (Å²) in [6.07, 6.45) is 0. The summed E-state index contributed by atoms with van der Waals surface area (Å²) in [4.78, 5) is 13.7. The standard InChI is InChI=1S/C8H16N4O/c9-10-8(13)7-12-4-1-11(2-5-12)3-6-12/h1-7,9H2/p+1. The van der Waals surface area contributed by atoms with E-state index in [0.29, 0.717) is 6.54 Å². The third kappa shape index (κ3) is 1.67. The average molecular weight is 185 g/mol. The van der Waals surface area contributed by atoms with E-state index in [1.54, 1.807) is 0 Å². The largest absolute Gasteiger partial charge is 0.313 e. The molecule has 5 nitrogen and oxygen atoms in total. The summed E-state index contributed by atoms with van der Waals surface area (Å²) in [6, 6.07) is 0. The van der Waals surface area contributed by atoms with Crippen LogP contribution in [0.3, 0.4) is 0 Å². The van der Waals surface area contributed by atoms with Gasteiger partial charge in [0, 0.05) is 19.6 Å². The van der Waals surface area contributed by atoms with Crippen LogP contribution in [0.25, 0.3) is 0 Å². The number of carbonyl (C=O) groups is 1. The van der Waals surface area contributed by atoms with Crippen LogP contribution in [0.5, 0.6) is 0 Å². The highest BCUT2D eigenvalue weighted by Gasteiger charge is 2.39. The molecular weight excluding hydrogens is 168 g/mol. The first-order valence-corrected chi connectivity index (χ1v) is 4.81. The maximum Gasteiger partial charge on any atom is 0.289 e. The zero-order valence-electron chi connectivity index (χ0n) is 7.83. The van der Waals surface area contributed by atoms with Gasteiger partial charge in [0.1, 0.15) is 0 Å². The highest BCUT2D eigenvalue weighted by Crippen LogP contribution is 2.18. The molecule has 0 radical (unpaired) electrons. The molecular formula is C8H17N4O+. The number of nitrogens with one attached hydrogen (secondary N) is 1. The molecule has 3 N–H and O–H groups in total. The fourth-order valence-corrected chi connectivity index (χ4v) is 2.32. The Hall–Kier alpha value is -0.650. The Bertz CT molecular complexity index is 196. The van der Waals surface area contributed by atoms with E-state index in [1.165, 1.54) is 0 Å². The summed E-state index contributed by atoms with van der Waals surface area (Å²) >= 11 is 0. The molecule has 74 valence electrons. The van der Waals surface area contributed by atoms with Crippen LogP contribution in [0.1, 0.15) is 0 Å². The summed E-state index contributed by atoms with van der Waals surface area (Å²) in [5.41, 5.74) is 2.22. The number of nitrogens with two attached hydrogens (primary N) is 1. The molecule has 0 aliphatic carbocycles. The van der Waals surface area contributed by atoms with Gasteiger partial charge in [-0.1, -0.05) is 0 Å². The molecule has 3 rings (SSSR count). The molecule has 5 heteroatoms. The lowest BCUT2D eigenvalue weighted by Gasteiger charge is -2.49. The van der Waals surface area contributed by atoms with Crippen molar-refractivity contribution in [3.8, 4) is 0 Å². The Morgan fingerprint density at radius 1 is 1.31 bits per heavy atom. The molecule has 2 bridgehead atoms. The number of hydrazine groups is 1. The van der Waals surface area contributed by atoms with Gasteiger partial charge in [-0.2, -0.15) is 0 Å². The van der Waals surface area contributed by atoms with Crippen LogP contribution >= 0.6 is 0 Å². The zero-order valence-corrected chi connectivity index (χ0v) is 7.83. The molecule has 0 aromatic rings. The molecule has 0 aromatic carbocycles. The molecule has 3 saturated heterocycles. The van der Waals surface area contributed by atoms with Gasteiger partial charge >= 0.3 is 0 Å². The van der Waals surface area contributed by atoms with Crippen molar-refractivity contribution in [3.63, 3.8) is 0 Å². The van der Waals surface area contributed by atoms with E-state index in [0.717, 1.165) is 43.8 Å². The van der Waals surface area contributed by atoms with Crippen LogP contribution in [-0.2, 0) is 4.79 Å². The monoisotopic (exact) mass is 185 g/mol. The van der Waals surface area contributed by atoms with E-state index in [1.807, 2.05) is 0 Å². The van der Waals surface area contributed by atoms with Gasteiger partial charge in [-0.25, -0.2) is 5.84 Å². The number of hydrogen-bond acceptors (Lipinski definition) is 3. The van der Waals surface area contributed by atoms with Crippen LogP contribution in [0.15, 0.2) is 0 Å². The highest BCUT2D eigenvalue weighted by atomic mass is 16.2. The van der Waals surface area contributed by atoms with Gasteiger partial charge < -0.3 is 4.48 Å². The van der Waals surface area contributed by atoms with Crippen molar-refractivity contribution in [3.05, 3.63) is 0 Å². The molecule has 3 fully saturated rings. The van der Waals surface area contributed by atoms with Crippen LogP contribution in [0, 0.1) is 0 Å². The molecule has 0 aromatic heterocycles. The molecule has 3 heterocycles. The summed E-state index contributed by atoms with van der Waals surface area (Å²) in [6.45, 7) is 7.28. The predicted molar refractivity (Wildman–Crippen MR) is 48.5 cm³/mol. The van der Waals surface area contributed by atoms with E-state index >= 15 is 0 Å². The number of rotatable bonds is 2.